The molecule has 3 rings (SSSR count). The second kappa shape index (κ2) is 9.86. The van der Waals surface area contributed by atoms with Crippen LogP contribution >= 0.6 is 0 Å². The molecule has 0 aliphatic heterocycles. The SMILES string of the molecule is O=C(C=Cc1ccc(C=CC(=O)c2cccc([N+](=O)[O-])c2)cc1)c1cccc([N+](=O)[O-])c1. The number of nitro benzene ring substituents is 2. The molecule has 0 saturated carbocycles. The number of benzene rings is 3. The van der Waals surface area contributed by atoms with Crippen molar-refractivity contribution in [2.24, 2.45) is 0 Å². The Morgan fingerprint density at radius 2 is 1.00 bits per heavy atom. The molecule has 8 heteroatoms. The quantitative estimate of drug-likeness (QED) is 0.208. The van der Waals surface area contributed by atoms with E-state index in [0.29, 0.717) is 0 Å². The maximum absolute atomic E-state index is 12.2. The molecule has 0 bridgehead atoms. The van der Waals surface area contributed by atoms with E-state index in [9.17, 15) is 29.8 Å². The van der Waals surface area contributed by atoms with E-state index in [4.69, 9.17) is 0 Å². The normalized spacial score (nSPS) is 11.0. The largest absolute Gasteiger partial charge is 0.289 e. The van der Waals surface area contributed by atoms with E-state index in [2.05, 4.69) is 0 Å². The Morgan fingerprint density at radius 3 is 1.34 bits per heavy atom. The molecule has 0 spiro atoms. The number of carbonyl (C=O) groups excluding carboxylic acids is 2. The first kappa shape index (κ1) is 22.0. The summed E-state index contributed by atoms with van der Waals surface area (Å²) < 4.78 is 0. The van der Waals surface area contributed by atoms with Crippen LogP contribution in [0.1, 0.15) is 31.8 Å². The predicted molar refractivity (Wildman–Crippen MR) is 119 cm³/mol. The van der Waals surface area contributed by atoms with Crippen molar-refractivity contribution in [3.63, 3.8) is 0 Å². The Kier molecular flexibility index (Phi) is 6.77. The molecule has 32 heavy (non-hydrogen) atoms. The summed E-state index contributed by atoms with van der Waals surface area (Å²) in [6.45, 7) is 0. The molecule has 0 aromatic heterocycles. The lowest BCUT2D eigenvalue weighted by atomic mass is 10.1. The van der Waals surface area contributed by atoms with Gasteiger partial charge in [0, 0.05) is 35.4 Å². The van der Waals surface area contributed by atoms with Crippen molar-refractivity contribution in [2.45, 2.75) is 0 Å². The number of hydrogen-bond acceptors (Lipinski definition) is 6. The van der Waals surface area contributed by atoms with Crippen LogP contribution in [0.15, 0.2) is 84.9 Å². The number of allylic oxidation sites excluding steroid dienone is 2. The number of rotatable bonds is 8. The molecular weight excluding hydrogens is 412 g/mol. The van der Waals surface area contributed by atoms with Crippen molar-refractivity contribution in [1.29, 1.82) is 0 Å². The fraction of sp³-hybridized carbons (Fsp3) is 0. The summed E-state index contributed by atoms with van der Waals surface area (Å²) in [4.78, 5) is 45.0. The Bertz CT molecular complexity index is 1160. The van der Waals surface area contributed by atoms with Gasteiger partial charge in [0.2, 0.25) is 0 Å². The third-order valence-corrected chi connectivity index (χ3v) is 4.47. The van der Waals surface area contributed by atoms with Crippen LogP contribution in [-0.2, 0) is 0 Å². The monoisotopic (exact) mass is 428 g/mol. The van der Waals surface area contributed by atoms with Crippen molar-refractivity contribution >= 4 is 35.1 Å². The topological polar surface area (TPSA) is 120 Å². The van der Waals surface area contributed by atoms with Crippen molar-refractivity contribution in [3.8, 4) is 0 Å². The molecule has 0 atom stereocenters. The molecule has 0 amide bonds. The molecule has 158 valence electrons. The number of nitrogens with zero attached hydrogens (tertiary/aromatic N) is 2. The molecule has 0 unspecified atom stereocenters. The Labute approximate surface area is 182 Å². The molecule has 0 aliphatic carbocycles. The van der Waals surface area contributed by atoms with Crippen LogP contribution in [-0.4, -0.2) is 21.4 Å². The summed E-state index contributed by atoms with van der Waals surface area (Å²) in [5.41, 5.74) is 1.58. The fourth-order valence-corrected chi connectivity index (χ4v) is 2.80. The van der Waals surface area contributed by atoms with Gasteiger partial charge in [-0.25, -0.2) is 0 Å². The lowest BCUT2D eigenvalue weighted by molar-refractivity contribution is -0.385. The summed E-state index contributed by atoms with van der Waals surface area (Å²) >= 11 is 0. The van der Waals surface area contributed by atoms with E-state index in [1.165, 1.54) is 60.7 Å². The van der Waals surface area contributed by atoms with Gasteiger partial charge in [-0.3, -0.25) is 29.8 Å². The molecule has 8 nitrogen and oxygen atoms in total. The number of hydrogen-bond donors (Lipinski definition) is 0. The van der Waals surface area contributed by atoms with E-state index >= 15 is 0 Å². The second-order valence-corrected chi connectivity index (χ2v) is 6.68. The van der Waals surface area contributed by atoms with Crippen molar-refractivity contribution in [2.75, 3.05) is 0 Å². The van der Waals surface area contributed by atoms with Crippen molar-refractivity contribution in [3.05, 3.63) is 127 Å². The van der Waals surface area contributed by atoms with Gasteiger partial charge in [-0.05, 0) is 23.3 Å². The standard InChI is InChI=1S/C24H16N2O6/c27-23(19-3-1-5-21(15-19)25(29)30)13-11-17-7-9-18(10-8-17)12-14-24(28)20-4-2-6-22(16-20)26(31)32/h1-16H. The minimum Gasteiger partial charge on any atom is -0.289 e. The minimum absolute atomic E-state index is 0.153. The van der Waals surface area contributed by atoms with Crippen LogP contribution in [0.4, 0.5) is 11.4 Å². The Morgan fingerprint density at radius 1 is 0.625 bits per heavy atom. The van der Waals surface area contributed by atoms with Crippen molar-refractivity contribution < 1.29 is 19.4 Å². The third kappa shape index (κ3) is 5.67. The highest BCUT2D eigenvalue weighted by Crippen LogP contribution is 2.16. The average molecular weight is 428 g/mol. The zero-order valence-electron chi connectivity index (χ0n) is 16.6. The summed E-state index contributed by atoms with van der Waals surface area (Å²) in [5, 5.41) is 21.7. The highest BCUT2D eigenvalue weighted by molar-refractivity contribution is 6.07. The average Bonchev–Trinajstić information content (AvgIpc) is 2.81. The first-order valence-electron chi connectivity index (χ1n) is 9.37. The molecule has 3 aromatic carbocycles. The number of non-ortho nitro benzene ring substituents is 2. The zero-order chi connectivity index (χ0) is 23.1. The van der Waals surface area contributed by atoms with Crippen LogP contribution in [0.25, 0.3) is 12.2 Å². The molecule has 0 N–H and O–H groups in total. The van der Waals surface area contributed by atoms with Crippen molar-refractivity contribution in [1.82, 2.24) is 0 Å². The van der Waals surface area contributed by atoms with Crippen LogP contribution in [0, 0.1) is 20.2 Å². The van der Waals surface area contributed by atoms with Gasteiger partial charge in [-0.1, -0.05) is 60.7 Å². The summed E-state index contributed by atoms with van der Waals surface area (Å²) in [7, 11) is 0. The Hall–Kier alpha value is -4.72. The lowest BCUT2D eigenvalue weighted by Gasteiger charge is -1.98. The number of nitro groups is 2. The van der Waals surface area contributed by atoms with Crippen LogP contribution in [0.5, 0.6) is 0 Å². The van der Waals surface area contributed by atoms with E-state index in [0.717, 1.165) is 11.1 Å². The smallest absolute Gasteiger partial charge is 0.270 e. The first-order chi connectivity index (χ1) is 15.3. The maximum atomic E-state index is 12.2. The fourth-order valence-electron chi connectivity index (χ4n) is 2.80. The maximum Gasteiger partial charge on any atom is 0.270 e. The zero-order valence-corrected chi connectivity index (χ0v) is 16.6. The van der Waals surface area contributed by atoms with E-state index in [1.807, 2.05) is 0 Å². The number of carbonyl (C=O) groups is 2. The van der Waals surface area contributed by atoms with Gasteiger partial charge in [-0.2, -0.15) is 0 Å². The van der Waals surface area contributed by atoms with Gasteiger partial charge in [0.25, 0.3) is 11.4 Å². The van der Waals surface area contributed by atoms with E-state index < -0.39 is 9.85 Å². The molecule has 0 heterocycles. The van der Waals surface area contributed by atoms with Gasteiger partial charge in [0.1, 0.15) is 0 Å². The minimum atomic E-state index is -0.559. The third-order valence-electron chi connectivity index (χ3n) is 4.47. The molecule has 0 radical (unpaired) electrons. The molecule has 3 aromatic rings. The van der Waals surface area contributed by atoms with Gasteiger partial charge < -0.3 is 0 Å². The van der Waals surface area contributed by atoms with Gasteiger partial charge >= 0.3 is 0 Å². The highest BCUT2D eigenvalue weighted by atomic mass is 16.6. The van der Waals surface area contributed by atoms with E-state index in [1.54, 1.807) is 36.4 Å². The van der Waals surface area contributed by atoms with Gasteiger partial charge in [-0.15, -0.1) is 0 Å². The molecule has 0 fully saturated rings. The molecular formula is C24H16N2O6. The predicted octanol–water partition coefficient (Wildman–Crippen LogP) is 5.30. The second-order valence-electron chi connectivity index (χ2n) is 6.68. The summed E-state index contributed by atoms with van der Waals surface area (Å²) in [5.74, 6) is -0.722. The summed E-state index contributed by atoms with van der Waals surface area (Å²) in [6.07, 6.45) is 5.83. The first-order valence-corrected chi connectivity index (χ1v) is 9.37. The van der Waals surface area contributed by atoms with E-state index in [-0.39, 0.29) is 34.1 Å². The van der Waals surface area contributed by atoms with Crippen LogP contribution in [0.3, 0.4) is 0 Å². The lowest BCUT2D eigenvalue weighted by Crippen LogP contribution is -1.96. The number of ketones is 2. The van der Waals surface area contributed by atoms with Crippen LogP contribution in [0.2, 0.25) is 0 Å². The van der Waals surface area contributed by atoms with Gasteiger partial charge in [0.05, 0.1) is 9.85 Å². The summed E-state index contributed by atoms with van der Waals surface area (Å²) in [6, 6.07) is 18.0. The molecule has 0 aliphatic rings. The Balaban J connectivity index is 1.66. The van der Waals surface area contributed by atoms with Gasteiger partial charge in [0.15, 0.2) is 11.6 Å². The highest BCUT2D eigenvalue weighted by Gasteiger charge is 2.10. The van der Waals surface area contributed by atoms with Crippen LogP contribution < -0.4 is 0 Å². The molecule has 0 saturated heterocycles.